The number of carbonyl (C=O) groups excluding carboxylic acids is 1. The van der Waals surface area contributed by atoms with Crippen LogP contribution in [0, 0.1) is 13.8 Å². The Kier molecular flexibility index (Phi) is 5.94. The molecule has 0 aliphatic heterocycles. The van der Waals surface area contributed by atoms with Crippen molar-refractivity contribution in [3.63, 3.8) is 0 Å². The molecule has 1 heterocycles. The highest BCUT2D eigenvalue weighted by Gasteiger charge is 2.14. The van der Waals surface area contributed by atoms with E-state index in [1.165, 1.54) is 0 Å². The van der Waals surface area contributed by atoms with E-state index >= 15 is 0 Å². The Hall–Kier alpha value is -2.63. The lowest BCUT2D eigenvalue weighted by molar-refractivity contribution is -0.117. The molecule has 0 bridgehead atoms. The molecule has 140 valence electrons. The van der Waals surface area contributed by atoms with Crippen molar-refractivity contribution in [1.29, 1.82) is 0 Å². The summed E-state index contributed by atoms with van der Waals surface area (Å²) >= 11 is 6.20. The SMILES string of the molecule is Cc1cc(NC(=O)CN(C)Cc2ccccc2Cl)n(-c2ccccc2C)n1. The van der Waals surface area contributed by atoms with E-state index in [-0.39, 0.29) is 12.5 Å². The van der Waals surface area contributed by atoms with Crippen molar-refractivity contribution < 1.29 is 4.79 Å². The maximum Gasteiger partial charge on any atom is 0.239 e. The number of para-hydroxylation sites is 1. The van der Waals surface area contributed by atoms with Crippen LogP contribution in [0.1, 0.15) is 16.8 Å². The first kappa shape index (κ1) is 19.1. The topological polar surface area (TPSA) is 50.2 Å². The van der Waals surface area contributed by atoms with Gasteiger partial charge in [-0.2, -0.15) is 5.10 Å². The summed E-state index contributed by atoms with van der Waals surface area (Å²) in [6.45, 7) is 4.79. The third kappa shape index (κ3) is 4.76. The Morgan fingerprint density at radius 2 is 1.85 bits per heavy atom. The number of amides is 1. The van der Waals surface area contributed by atoms with E-state index in [0.29, 0.717) is 17.4 Å². The first-order valence-electron chi connectivity index (χ1n) is 8.78. The summed E-state index contributed by atoms with van der Waals surface area (Å²) in [5.74, 6) is 0.567. The highest BCUT2D eigenvalue weighted by atomic mass is 35.5. The Balaban J connectivity index is 1.70. The van der Waals surface area contributed by atoms with E-state index in [1.807, 2.05) is 80.4 Å². The number of hydrogen-bond acceptors (Lipinski definition) is 3. The molecule has 6 heteroatoms. The number of halogens is 1. The van der Waals surface area contributed by atoms with Crippen LogP contribution in [-0.4, -0.2) is 34.2 Å². The van der Waals surface area contributed by atoms with Gasteiger partial charge in [0.05, 0.1) is 17.9 Å². The third-order valence-electron chi connectivity index (χ3n) is 4.25. The smallest absolute Gasteiger partial charge is 0.239 e. The van der Waals surface area contributed by atoms with Gasteiger partial charge in [-0.25, -0.2) is 4.68 Å². The van der Waals surface area contributed by atoms with Crippen LogP contribution >= 0.6 is 11.6 Å². The van der Waals surface area contributed by atoms with Crippen LogP contribution < -0.4 is 5.32 Å². The third-order valence-corrected chi connectivity index (χ3v) is 4.62. The maximum absolute atomic E-state index is 12.5. The highest BCUT2D eigenvalue weighted by Crippen LogP contribution is 2.20. The van der Waals surface area contributed by atoms with Crippen LogP contribution in [-0.2, 0) is 11.3 Å². The van der Waals surface area contributed by atoms with E-state index in [4.69, 9.17) is 11.6 Å². The standard InChI is InChI=1S/C21H23ClN4O/c1-15-8-4-7-11-19(15)26-20(12-16(2)24-26)23-21(27)14-25(3)13-17-9-5-6-10-18(17)22/h4-12H,13-14H2,1-3H3,(H,23,27). The largest absolute Gasteiger partial charge is 0.309 e. The van der Waals surface area contributed by atoms with Gasteiger partial charge in [0.15, 0.2) is 0 Å². The van der Waals surface area contributed by atoms with Gasteiger partial charge in [0.2, 0.25) is 5.91 Å². The van der Waals surface area contributed by atoms with Crippen LogP contribution in [0.15, 0.2) is 54.6 Å². The normalized spacial score (nSPS) is 11.0. The van der Waals surface area contributed by atoms with Crippen molar-refractivity contribution in [2.75, 3.05) is 18.9 Å². The number of nitrogens with zero attached hydrogens (tertiary/aromatic N) is 3. The van der Waals surface area contributed by atoms with E-state index in [2.05, 4.69) is 10.4 Å². The summed E-state index contributed by atoms with van der Waals surface area (Å²) in [6, 6.07) is 17.5. The number of carbonyl (C=O) groups is 1. The molecule has 1 aromatic heterocycles. The molecule has 3 rings (SSSR count). The molecule has 27 heavy (non-hydrogen) atoms. The first-order chi connectivity index (χ1) is 12.9. The summed E-state index contributed by atoms with van der Waals surface area (Å²) in [6.07, 6.45) is 0. The fourth-order valence-electron chi connectivity index (χ4n) is 2.97. The number of aromatic nitrogens is 2. The minimum absolute atomic E-state index is 0.0979. The van der Waals surface area contributed by atoms with E-state index in [0.717, 1.165) is 22.5 Å². The lowest BCUT2D eigenvalue weighted by Crippen LogP contribution is -2.30. The van der Waals surface area contributed by atoms with Gasteiger partial charge in [0, 0.05) is 17.6 Å². The van der Waals surface area contributed by atoms with E-state index < -0.39 is 0 Å². The molecule has 5 nitrogen and oxygen atoms in total. The van der Waals surface area contributed by atoms with Gasteiger partial charge in [-0.15, -0.1) is 0 Å². The fourth-order valence-corrected chi connectivity index (χ4v) is 3.17. The van der Waals surface area contributed by atoms with Gasteiger partial charge in [-0.1, -0.05) is 48.0 Å². The van der Waals surface area contributed by atoms with Crippen LogP contribution in [0.2, 0.25) is 5.02 Å². The van der Waals surface area contributed by atoms with Gasteiger partial charge < -0.3 is 5.32 Å². The molecule has 0 fully saturated rings. The molecule has 0 atom stereocenters. The minimum atomic E-state index is -0.0979. The Morgan fingerprint density at radius 1 is 1.15 bits per heavy atom. The molecular weight excluding hydrogens is 360 g/mol. The van der Waals surface area contributed by atoms with Gasteiger partial charge in [-0.05, 0) is 44.2 Å². The number of likely N-dealkylation sites (N-methyl/N-ethyl adjacent to an activating group) is 1. The van der Waals surface area contributed by atoms with E-state index in [1.54, 1.807) is 4.68 Å². The molecule has 0 saturated heterocycles. The monoisotopic (exact) mass is 382 g/mol. The molecular formula is C21H23ClN4O. The van der Waals surface area contributed by atoms with Crippen molar-refractivity contribution in [2.45, 2.75) is 20.4 Å². The second-order valence-electron chi connectivity index (χ2n) is 6.68. The average molecular weight is 383 g/mol. The zero-order chi connectivity index (χ0) is 19.4. The van der Waals surface area contributed by atoms with Gasteiger partial charge in [0.25, 0.3) is 0 Å². The second kappa shape index (κ2) is 8.37. The molecule has 0 spiro atoms. The van der Waals surface area contributed by atoms with Crippen LogP contribution in [0.4, 0.5) is 5.82 Å². The first-order valence-corrected chi connectivity index (χ1v) is 9.16. The molecule has 1 amide bonds. The number of hydrogen-bond donors (Lipinski definition) is 1. The van der Waals surface area contributed by atoms with Crippen LogP contribution in [0.25, 0.3) is 5.69 Å². The highest BCUT2D eigenvalue weighted by molar-refractivity contribution is 6.31. The van der Waals surface area contributed by atoms with Crippen molar-refractivity contribution in [1.82, 2.24) is 14.7 Å². The maximum atomic E-state index is 12.5. The summed E-state index contributed by atoms with van der Waals surface area (Å²) in [7, 11) is 1.90. The quantitative estimate of drug-likeness (QED) is 0.694. The van der Waals surface area contributed by atoms with Gasteiger partial charge >= 0.3 is 0 Å². The summed E-state index contributed by atoms with van der Waals surface area (Å²) in [4.78, 5) is 14.5. The number of nitrogens with one attached hydrogen (secondary N) is 1. The fraction of sp³-hybridized carbons (Fsp3) is 0.238. The summed E-state index contributed by atoms with van der Waals surface area (Å²) < 4.78 is 1.77. The zero-order valence-electron chi connectivity index (χ0n) is 15.7. The number of anilines is 1. The molecule has 2 aromatic carbocycles. The molecule has 0 saturated carbocycles. The molecule has 0 unspecified atom stereocenters. The number of rotatable bonds is 6. The molecule has 1 N–H and O–H groups in total. The van der Waals surface area contributed by atoms with Crippen molar-refractivity contribution in [2.24, 2.45) is 0 Å². The van der Waals surface area contributed by atoms with Crippen molar-refractivity contribution in [3.8, 4) is 5.69 Å². The predicted molar refractivity (Wildman–Crippen MR) is 109 cm³/mol. The van der Waals surface area contributed by atoms with Crippen LogP contribution in [0.5, 0.6) is 0 Å². The number of benzene rings is 2. The summed E-state index contributed by atoms with van der Waals surface area (Å²) in [5, 5.41) is 8.21. The average Bonchev–Trinajstić information content (AvgIpc) is 2.97. The molecule has 3 aromatic rings. The minimum Gasteiger partial charge on any atom is -0.309 e. The second-order valence-corrected chi connectivity index (χ2v) is 7.09. The van der Waals surface area contributed by atoms with Gasteiger partial charge in [0.1, 0.15) is 5.82 Å². The van der Waals surface area contributed by atoms with Crippen molar-refractivity contribution >= 4 is 23.3 Å². The van der Waals surface area contributed by atoms with Crippen LogP contribution in [0.3, 0.4) is 0 Å². The Labute approximate surface area is 164 Å². The Bertz CT molecular complexity index is 951. The lowest BCUT2D eigenvalue weighted by atomic mass is 10.2. The number of aryl methyl sites for hydroxylation is 2. The summed E-state index contributed by atoms with van der Waals surface area (Å²) in [5.41, 5.74) is 3.88. The molecule has 0 radical (unpaired) electrons. The zero-order valence-corrected chi connectivity index (χ0v) is 16.5. The Morgan fingerprint density at radius 3 is 2.59 bits per heavy atom. The van der Waals surface area contributed by atoms with Gasteiger partial charge in [-0.3, -0.25) is 9.69 Å². The van der Waals surface area contributed by atoms with Crippen molar-refractivity contribution in [3.05, 3.63) is 76.4 Å². The predicted octanol–water partition coefficient (Wildman–Crippen LogP) is 4.21. The van der Waals surface area contributed by atoms with E-state index in [9.17, 15) is 4.79 Å². The molecule has 0 aliphatic rings. The lowest BCUT2D eigenvalue weighted by Gasteiger charge is -2.17. The molecule has 0 aliphatic carbocycles.